The summed E-state index contributed by atoms with van der Waals surface area (Å²) in [5.74, 6) is 0. The van der Waals surface area contributed by atoms with Gasteiger partial charge < -0.3 is 10.5 Å². The van der Waals surface area contributed by atoms with Gasteiger partial charge in [0.15, 0.2) is 0 Å². The van der Waals surface area contributed by atoms with Gasteiger partial charge in [0.05, 0.1) is 10.4 Å². The first-order chi connectivity index (χ1) is 4.79. The molecule has 0 spiro atoms. The minimum absolute atomic E-state index is 0.222. The Labute approximate surface area is 61.6 Å². The van der Waals surface area contributed by atoms with Crippen LogP contribution in [0.3, 0.4) is 0 Å². The van der Waals surface area contributed by atoms with Gasteiger partial charge in [-0.3, -0.25) is 4.98 Å². The molecule has 0 aromatic carbocycles. The van der Waals surface area contributed by atoms with Crippen molar-refractivity contribution >= 4 is 17.4 Å². The van der Waals surface area contributed by atoms with Gasteiger partial charge in [0.1, 0.15) is 6.61 Å². The number of thiazole rings is 1. The number of nitrogens with two attached hydrogens (primary N) is 1. The number of rotatable bonds is 2. The van der Waals surface area contributed by atoms with Crippen LogP contribution < -0.4 is 5.73 Å². The fourth-order valence-corrected chi connectivity index (χ4v) is 0.961. The summed E-state index contributed by atoms with van der Waals surface area (Å²) in [6, 6.07) is 0. The third-order valence-corrected chi connectivity index (χ3v) is 1.59. The molecule has 0 fully saturated rings. The number of hydrogen-bond acceptors (Lipinski definition) is 4. The molecule has 54 valence electrons. The van der Waals surface area contributed by atoms with Gasteiger partial charge in [-0.05, 0) is 0 Å². The maximum absolute atomic E-state index is 10.1. The molecule has 1 rings (SSSR count). The number of carbonyl (C=O) groups is 1. The summed E-state index contributed by atoms with van der Waals surface area (Å²) in [5, 5.41) is 0. The molecular formula is C5H6N2O2S. The minimum Gasteiger partial charge on any atom is -0.444 e. The molecule has 0 aliphatic heterocycles. The number of nitrogens with zero attached hydrogens (tertiary/aromatic N) is 1. The van der Waals surface area contributed by atoms with Crippen molar-refractivity contribution in [2.75, 3.05) is 0 Å². The van der Waals surface area contributed by atoms with E-state index in [0.717, 1.165) is 4.88 Å². The third-order valence-electron chi connectivity index (χ3n) is 0.840. The number of amides is 1. The number of hydrogen-bond donors (Lipinski definition) is 1. The Morgan fingerprint density at radius 2 is 2.70 bits per heavy atom. The third kappa shape index (κ3) is 2.02. The maximum atomic E-state index is 10.1. The summed E-state index contributed by atoms with van der Waals surface area (Å²) in [6.07, 6.45) is 0.876. The van der Waals surface area contributed by atoms with E-state index >= 15 is 0 Å². The molecule has 0 bridgehead atoms. The highest BCUT2D eigenvalue weighted by atomic mass is 32.1. The van der Waals surface area contributed by atoms with E-state index in [0.29, 0.717) is 0 Å². The van der Waals surface area contributed by atoms with Crippen LogP contribution in [-0.2, 0) is 11.3 Å². The smallest absolute Gasteiger partial charge is 0.404 e. The van der Waals surface area contributed by atoms with Gasteiger partial charge in [-0.1, -0.05) is 0 Å². The van der Waals surface area contributed by atoms with E-state index in [4.69, 9.17) is 5.73 Å². The summed E-state index contributed by atoms with van der Waals surface area (Å²) >= 11 is 1.42. The molecule has 0 atom stereocenters. The van der Waals surface area contributed by atoms with E-state index in [1.54, 1.807) is 11.7 Å². The van der Waals surface area contributed by atoms with Crippen molar-refractivity contribution in [2.45, 2.75) is 6.61 Å². The van der Waals surface area contributed by atoms with Crippen molar-refractivity contribution in [3.63, 3.8) is 0 Å². The molecule has 0 radical (unpaired) electrons. The minimum atomic E-state index is -0.756. The zero-order valence-corrected chi connectivity index (χ0v) is 5.93. The predicted molar refractivity (Wildman–Crippen MR) is 36.5 cm³/mol. The molecule has 0 unspecified atom stereocenters. The monoisotopic (exact) mass is 158 g/mol. The second-order valence-electron chi connectivity index (χ2n) is 1.58. The van der Waals surface area contributed by atoms with E-state index < -0.39 is 6.09 Å². The summed E-state index contributed by atoms with van der Waals surface area (Å²) in [7, 11) is 0. The lowest BCUT2D eigenvalue weighted by atomic mass is 10.6. The van der Waals surface area contributed by atoms with Gasteiger partial charge >= 0.3 is 6.09 Å². The molecule has 4 nitrogen and oxygen atoms in total. The van der Waals surface area contributed by atoms with Crippen LogP contribution in [0.4, 0.5) is 4.79 Å². The average Bonchev–Trinajstić information content (AvgIpc) is 2.34. The average molecular weight is 158 g/mol. The van der Waals surface area contributed by atoms with Crippen LogP contribution in [0.2, 0.25) is 0 Å². The number of aromatic nitrogens is 1. The molecule has 0 saturated carbocycles. The fourth-order valence-electron chi connectivity index (χ4n) is 0.456. The Kier molecular flexibility index (Phi) is 2.22. The number of ether oxygens (including phenoxy) is 1. The Morgan fingerprint density at radius 3 is 3.20 bits per heavy atom. The van der Waals surface area contributed by atoms with E-state index in [9.17, 15) is 4.79 Å². The number of carbonyl (C=O) groups excluding carboxylic acids is 1. The highest BCUT2D eigenvalue weighted by Crippen LogP contribution is 2.05. The van der Waals surface area contributed by atoms with E-state index in [-0.39, 0.29) is 6.61 Å². The highest BCUT2D eigenvalue weighted by molar-refractivity contribution is 7.09. The first-order valence-corrected chi connectivity index (χ1v) is 3.46. The quantitative estimate of drug-likeness (QED) is 0.690. The zero-order valence-electron chi connectivity index (χ0n) is 5.11. The Morgan fingerprint density at radius 1 is 1.90 bits per heavy atom. The van der Waals surface area contributed by atoms with Crippen molar-refractivity contribution in [1.29, 1.82) is 0 Å². The van der Waals surface area contributed by atoms with Crippen LogP contribution >= 0.6 is 11.3 Å². The van der Waals surface area contributed by atoms with E-state index in [1.165, 1.54) is 11.3 Å². The molecule has 5 heteroatoms. The first-order valence-electron chi connectivity index (χ1n) is 2.58. The van der Waals surface area contributed by atoms with Crippen LogP contribution in [0, 0.1) is 0 Å². The van der Waals surface area contributed by atoms with Crippen molar-refractivity contribution in [3.05, 3.63) is 16.6 Å². The SMILES string of the molecule is NC(=O)OCc1cncs1. The van der Waals surface area contributed by atoms with Gasteiger partial charge in [-0.2, -0.15) is 0 Å². The Bertz CT molecular complexity index is 209. The summed E-state index contributed by atoms with van der Waals surface area (Å²) in [4.78, 5) is 14.8. The van der Waals surface area contributed by atoms with Crippen LogP contribution in [0.5, 0.6) is 0 Å². The second-order valence-corrected chi connectivity index (χ2v) is 2.55. The van der Waals surface area contributed by atoms with Gasteiger partial charge in [0.2, 0.25) is 0 Å². The lowest BCUT2D eigenvalue weighted by Crippen LogP contribution is -2.12. The van der Waals surface area contributed by atoms with Gasteiger partial charge in [-0.25, -0.2) is 4.79 Å². The zero-order chi connectivity index (χ0) is 7.40. The molecule has 1 heterocycles. The largest absolute Gasteiger partial charge is 0.444 e. The molecule has 0 saturated heterocycles. The summed E-state index contributed by atoms with van der Waals surface area (Å²) in [5.41, 5.74) is 6.40. The number of primary amides is 1. The van der Waals surface area contributed by atoms with Crippen molar-refractivity contribution in [3.8, 4) is 0 Å². The molecule has 1 aromatic rings. The molecular weight excluding hydrogens is 152 g/mol. The van der Waals surface area contributed by atoms with Crippen LogP contribution in [0.15, 0.2) is 11.7 Å². The Balaban J connectivity index is 2.35. The molecule has 2 N–H and O–H groups in total. The van der Waals surface area contributed by atoms with E-state index in [1.807, 2.05) is 0 Å². The molecule has 10 heavy (non-hydrogen) atoms. The normalized spacial score (nSPS) is 9.20. The Hall–Kier alpha value is -1.10. The lowest BCUT2D eigenvalue weighted by molar-refractivity contribution is 0.151. The maximum Gasteiger partial charge on any atom is 0.404 e. The first kappa shape index (κ1) is 7.01. The van der Waals surface area contributed by atoms with Gasteiger partial charge in [-0.15, -0.1) is 11.3 Å². The lowest BCUT2D eigenvalue weighted by Gasteiger charge is -1.94. The standard InChI is InChI=1S/C5H6N2O2S/c6-5(8)9-2-4-1-7-3-10-4/h1,3H,2H2,(H2,6,8). The van der Waals surface area contributed by atoms with Gasteiger partial charge in [0.25, 0.3) is 0 Å². The van der Waals surface area contributed by atoms with E-state index in [2.05, 4.69) is 9.72 Å². The summed E-state index contributed by atoms with van der Waals surface area (Å²) < 4.78 is 4.50. The van der Waals surface area contributed by atoms with Crippen LogP contribution in [0.25, 0.3) is 0 Å². The van der Waals surface area contributed by atoms with Crippen molar-refractivity contribution < 1.29 is 9.53 Å². The molecule has 0 aliphatic carbocycles. The van der Waals surface area contributed by atoms with Crippen molar-refractivity contribution in [2.24, 2.45) is 5.73 Å². The van der Waals surface area contributed by atoms with Crippen LogP contribution in [0.1, 0.15) is 4.88 Å². The second kappa shape index (κ2) is 3.17. The summed E-state index contributed by atoms with van der Waals surface area (Å²) in [6.45, 7) is 0.222. The topological polar surface area (TPSA) is 65.2 Å². The molecule has 1 amide bonds. The molecule has 0 aliphatic rings. The van der Waals surface area contributed by atoms with Crippen molar-refractivity contribution in [1.82, 2.24) is 4.98 Å². The highest BCUT2D eigenvalue weighted by Gasteiger charge is 1.96. The molecule has 1 aromatic heterocycles. The predicted octanol–water partition coefficient (Wildman–Crippen LogP) is 0.738. The van der Waals surface area contributed by atoms with Gasteiger partial charge in [0, 0.05) is 6.20 Å². The fraction of sp³-hybridized carbons (Fsp3) is 0.200. The van der Waals surface area contributed by atoms with Crippen LogP contribution in [-0.4, -0.2) is 11.1 Å².